The highest BCUT2D eigenvalue weighted by atomic mass is 15.0. The largest absolute Gasteiger partial charge is 0.405 e. The second-order valence-corrected chi connectivity index (χ2v) is 7.57. The zero-order valence-electron chi connectivity index (χ0n) is 18.7. The zero-order valence-corrected chi connectivity index (χ0v) is 18.7. The van der Waals surface area contributed by atoms with E-state index in [0.717, 1.165) is 44.4 Å². The summed E-state index contributed by atoms with van der Waals surface area (Å²) in [6.45, 7) is 7.54. The number of nitrogens with zero attached hydrogens (tertiary/aromatic N) is 1. The molecule has 0 aromatic carbocycles. The first kappa shape index (κ1) is 27.5. The van der Waals surface area contributed by atoms with Gasteiger partial charge in [0.05, 0.1) is 0 Å². The number of nitrogens with one attached hydrogen (secondary N) is 3. The van der Waals surface area contributed by atoms with Gasteiger partial charge in [-0.05, 0) is 69.1 Å². The maximum absolute atomic E-state index is 6.10. The van der Waals surface area contributed by atoms with Crippen LogP contribution in [0.3, 0.4) is 0 Å². The number of hydrogen-bond donors (Lipinski definition) is 5. The highest BCUT2D eigenvalue weighted by Crippen LogP contribution is 2.33. The maximum atomic E-state index is 6.10. The fourth-order valence-corrected chi connectivity index (χ4v) is 4.05. The normalized spacial score (nSPS) is 20.8. The second kappa shape index (κ2) is 21.2. The minimum Gasteiger partial charge on any atom is -0.405 e. The Labute approximate surface area is 179 Å². The Hall–Kier alpha value is -1.50. The van der Waals surface area contributed by atoms with Gasteiger partial charge in [-0.25, -0.2) is 0 Å². The molecule has 3 aliphatic rings. The Morgan fingerprint density at radius 2 is 1.34 bits per heavy atom. The molecule has 6 heteroatoms. The van der Waals surface area contributed by atoms with Gasteiger partial charge >= 0.3 is 0 Å². The fourth-order valence-electron chi connectivity index (χ4n) is 4.05. The average Bonchev–Trinajstić information content (AvgIpc) is 2.83. The standard InChI is InChI=1S/C16H27N.C4H10N2.C2H4N2.CH5N/c17-12-11-16(15-9-5-2-6-10-15)13-14-7-3-1-4-8-14;1-2-6-4-3-5-1;1-4-2-3;1-2/h11-15H,1-10,17H2;5-6H,1-4H2;2-3H,1H2;2H2,1H3/b12-11-,16-13-;;;. The smallest absolute Gasteiger partial charge is 0.106 e. The molecule has 6 nitrogen and oxygen atoms in total. The van der Waals surface area contributed by atoms with Gasteiger partial charge in [0.25, 0.3) is 0 Å². The van der Waals surface area contributed by atoms with Crippen LogP contribution in [0, 0.1) is 17.2 Å². The van der Waals surface area contributed by atoms with Crippen LogP contribution in [0.4, 0.5) is 0 Å². The van der Waals surface area contributed by atoms with Crippen LogP contribution in [-0.2, 0) is 0 Å². The zero-order chi connectivity index (χ0) is 21.6. The van der Waals surface area contributed by atoms with Crippen LogP contribution in [0.1, 0.15) is 64.2 Å². The molecular weight excluding hydrogens is 360 g/mol. The Bertz CT molecular complexity index is 413. The molecular formula is C23H46N6. The molecule has 1 saturated heterocycles. The van der Waals surface area contributed by atoms with Crippen molar-refractivity contribution in [2.45, 2.75) is 64.2 Å². The monoisotopic (exact) mass is 406 g/mol. The molecule has 0 aromatic heterocycles. The summed E-state index contributed by atoms with van der Waals surface area (Å²) >= 11 is 0. The highest BCUT2D eigenvalue weighted by molar-refractivity contribution is 5.58. The van der Waals surface area contributed by atoms with Crippen LogP contribution in [0.2, 0.25) is 0 Å². The predicted molar refractivity (Wildman–Crippen MR) is 129 cm³/mol. The fraction of sp³-hybridized carbons (Fsp3) is 0.739. The van der Waals surface area contributed by atoms with Crippen LogP contribution >= 0.6 is 0 Å². The van der Waals surface area contributed by atoms with Gasteiger partial charge in [0.2, 0.25) is 0 Å². The molecule has 2 aliphatic carbocycles. The molecule has 2 saturated carbocycles. The van der Waals surface area contributed by atoms with Crippen LogP contribution in [0.25, 0.3) is 0 Å². The van der Waals surface area contributed by atoms with Crippen molar-refractivity contribution in [2.75, 3.05) is 33.2 Å². The quantitative estimate of drug-likeness (QED) is 0.279. The third-order valence-electron chi connectivity index (χ3n) is 5.49. The molecule has 0 spiro atoms. The molecule has 0 amide bonds. The van der Waals surface area contributed by atoms with E-state index in [1.807, 2.05) is 0 Å². The molecule has 168 valence electrons. The van der Waals surface area contributed by atoms with E-state index in [2.05, 4.69) is 40.2 Å². The van der Waals surface area contributed by atoms with E-state index in [-0.39, 0.29) is 0 Å². The summed E-state index contributed by atoms with van der Waals surface area (Å²) in [5.74, 6) is 1.63. The maximum Gasteiger partial charge on any atom is 0.106 e. The van der Waals surface area contributed by atoms with E-state index in [0.29, 0.717) is 0 Å². The van der Waals surface area contributed by atoms with Crippen LogP contribution in [-0.4, -0.2) is 46.3 Å². The van der Waals surface area contributed by atoms with Crippen molar-refractivity contribution in [2.24, 2.45) is 28.3 Å². The minimum atomic E-state index is 0.797. The van der Waals surface area contributed by atoms with Gasteiger partial charge < -0.3 is 22.1 Å². The van der Waals surface area contributed by atoms with Gasteiger partial charge in [0.15, 0.2) is 0 Å². The number of nitrogens with two attached hydrogens (primary N) is 2. The lowest BCUT2D eigenvalue weighted by Gasteiger charge is -2.25. The topological polar surface area (TPSA) is 112 Å². The summed E-state index contributed by atoms with van der Waals surface area (Å²) in [5, 5.41) is 12.5. The minimum absolute atomic E-state index is 0.797. The first-order valence-corrected chi connectivity index (χ1v) is 11.4. The highest BCUT2D eigenvalue weighted by Gasteiger charge is 2.18. The summed E-state index contributed by atoms with van der Waals surface area (Å²) < 4.78 is 0. The van der Waals surface area contributed by atoms with E-state index in [1.165, 1.54) is 71.3 Å². The van der Waals surface area contributed by atoms with Crippen molar-refractivity contribution in [3.8, 4) is 0 Å². The number of aliphatic imine (C=N–C) groups is 1. The molecule has 0 radical (unpaired) electrons. The van der Waals surface area contributed by atoms with Crippen molar-refractivity contribution >= 4 is 13.1 Å². The van der Waals surface area contributed by atoms with Gasteiger partial charge in [-0.2, -0.15) is 0 Å². The van der Waals surface area contributed by atoms with E-state index in [4.69, 9.17) is 11.1 Å². The molecule has 0 bridgehead atoms. The van der Waals surface area contributed by atoms with Gasteiger partial charge in [0.1, 0.15) is 6.34 Å². The molecule has 3 rings (SSSR count). The molecule has 7 N–H and O–H groups in total. The number of allylic oxidation sites excluding steroid dienone is 3. The van der Waals surface area contributed by atoms with Crippen molar-refractivity contribution in [3.05, 3.63) is 23.9 Å². The first-order chi connectivity index (χ1) is 14.3. The molecule has 1 aliphatic heterocycles. The van der Waals surface area contributed by atoms with Crippen molar-refractivity contribution in [1.82, 2.24) is 10.6 Å². The number of hydrogen-bond acceptors (Lipinski definition) is 5. The Kier molecular flexibility index (Phi) is 20.1. The van der Waals surface area contributed by atoms with Gasteiger partial charge in [-0.3, -0.25) is 10.4 Å². The van der Waals surface area contributed by atoms with Crippen molar-refractivity contribution < 1.29 is 0 Å². The lowest BCUT2D eigenvalue weighted by Crippen LogP contribution is -2.39. The van der Waals surface area contributed by atoms with Crippen LogP contribution in [0.5, 0.6) is 0 Å². The molecule has 1 heterocycles. The van der Waals surface area contributed by atoms with Gasteiger partial charge in [0, 0.05) is 26.2 Å². The lowest BCUT2D eigenvalue weighted by atomic mass is 9.80. The molecule has 3 fully saturated rings. The van der Waals surface area contributed by atoms with E-state index in [1.54, 1.807) is 11.8 Å². The second-order valence-electron chi connectivity index (χ2n) is 7.57. The third-order valence-corrected chi connectivity index (χ3v) is 5.49. The number of rotatable bonds is 4. The Balaban J connectivity index is 0.000000537. The summed E-state index contributed by atoms with van der Waals surface area (Å²) in [5.41, 5.74) is 11.7. The average molecular weight is 407 g/mol. The van der Waals surface area contributed by atoms with Gasteiger partial charge in [-0.15, -0.1) is 0 Å². The van der Waals surface area contributed by atoms with Crippen molar-refractivity contribution in [1.29, 1.82) is 5.41 Å². The Morgan fingerprint density at radius 3 is 1.72 bits per heavy atom. The summed E-state index contributed by atoms with van der Waals surface area (Å²) in [6.07, 6.45) is 21.4. The lowest BCUT2D eigenvalue weighted by molar-refractivity contribution is 0.391. The Morgan fingerprint density at radius 1 is 0.897 bits per heavy atom. The first-order valence-electron chi connectivity index (χ1n) is 11.4. The van der Waals surface area contributed by atoms with Crippen LogP contribution in [0.15, 0.2) is 28.9 Å². The summed E-state index contributed by atoms with van der Waals surface area (Å²) in [6, 6.07) is 0. The molecule has 0 unspecified atom stereocenters. The summed E-state index contributed by atoms with van der Waals surface area (Å²) in [7, 11) is 1.50. The molecule has 0 atom stereocenters. The third kappa shape index (κ3) is 15.1. The predicted octanol–water partition coefficient (Wildman–Crippen LogP) is 3.59. The number of piperazine rings is 1. The van der Waals surface area contributed by atoms with Gasteiger partial charge in [-0.1, -0.05) is 44.6 Å². The molecule has 0 aromatic rings. The van der Waals surface area contributed by atoms with E-state index in [9.17, 15) is 0 Å². The van der Waals surface area contributed by atoms with Crippen LogP contribution < -0.4 is 22.1 Å². The SMILES string of the molecule is C1CNCCN1.C=NC=N.CN.N/C=C\C(=C\C1CCCCC1)C1CCCCC1. The van der Waals surface area contributed by atoms with Crippen molar-refractivity contribution in [3.63, 3.8) is 0 Å². The summed E-state index contributed by atoms with van der Waals surface area (Å²) in [4.78, 5) is 3.03. The molecule has 29 heavy (non-hydrogen) atoms. The van der Waals surface area contributed by atoms with E-state index < -0.39 is 0 Å². The van der Waals surface area contributed by atoms with E-state index >= 15 is 0 Å².